The number of hydrogen-bond acceptors (Lipinski definition) is 8. The smallest absolute Gasteiger partial charge is 0.394 e. The molecule has 3 unspecified atom stereocenters. The molecule has 1 aliphatic heterocycles. The first-order valence-corrected chi connectivity index (χ1v) is 10.8. The second kappa shape index (κ2) is 12.3. The van der Waals surface area contributed by atoms with Gasteiger partial charge in [-0.3, -0.25) is 9.36 Å². The number of ether oxygens (including phenoxy) is 2. The van der Waals surface area contributed by atoms with Gasteiger partial charge >= 0.3 is 17.8 Å². The lowest BCUT2D eigenvalue weighted by molar-refractivity contribution is -0.173. The molecule has 0 aromatic carbocycles. The number of carbonyl (C=O) groups is 1. The van der Waals surface area contributed by atoms with Crippen molar-refractivity contribution >= 4 is 11.7 Å². The largest absolute Gasteiger partial charge is 0.471 e. The van der Waals surface area contributed by atoms with Crippen LogP contribution in [-0.4, -0.2) is 70.4 Å². The average molecular weight is 523 g/mol. The van der Waals surface area contributed by atoms with Gasteiger partial charge in [-0.25, -0.2) is 14.2 Å². The van der Waals surface area contributed by atoms with Crippen molar-refractivity contribution < 1.29 is 36.9 Å². The predicted molar refractivity (Wildman–Crippen MR) is 120 cm³/mol. The molecule has 4 N–H and O–H groups in total. The topological polar surface area (TPSA) is 142 Å². The van der Waals surface area contributed by atoms with Gasteiger partial charge < -0.3 is 25.6 Å². The molecule has 0 aliphatic carbocycles. The van der Waals surface area contributed by atoms with E-state index in [9.17, 15) is 27.2 Å². The van der Waals surface area contributed by atoms with E-state index in [1.807, 2.05) is 0 Å². The van der Waals surface area contributed by atoms with Gasteiger partial charge in [0.2, 0.25) is 0 Å². The number of halogens is 4. The molecule has 1 fully saturated rings. The summed E-state index contributed by atoms with van der Waals surface area (Å²) in [5.74, 6) is 8.77. The van der Waals surface area contributed by atoms with Gasteiger partial charge in [-0.15, -0.1) is 0 Å². The van der Waals surface area contributed by atoms with E-state index < -0.39 is 42.9 Å². The Morgan fingerprint density at radius 1 is 1.32 bits per heavy atom. The zero-order valence-electron chi connectivity index (χ0n) is 19.1. The normalized spacial score (nSPS) is 18.9. The van der Waals surface area contributed by atoms with E-state index in [4.69, 9.17) is 20.3 Å². The highest BCUT2D eigenvalue weighted by molar-refractivity contribution is 5.81. The van der Waals surface area contributed by atoms with Crippen molar-refractivity contribution in [1.82, 2.24) is 19.9 Å². The van der Waals surface area contributed by atoms with Crippen molar-refractivity contribution in [3.05, 3.63) is 51.8 Å². The van der Waals surface area contributed by atoms with Crippen molar-refractivity contribution in [3.63, 3.8) is 0 Å². The first kappa shape index (κ1) is 27.6. The number of rotatable bonds is 6. The minimum atomic E-state index is -4.94. The summed E-state index contributed by atoms with van der Waals surface area (Å²) in [5, 5.41) is 10.8. The molecule has 14 heteroatoms. The summed E-state index contributed by atoms with van der Waals surface area (Å²) in [6.45, 7) is -1.06. The number of nitrogens with two attached hydrogens (primary N) is 1. The Kier molecular flexibility index (Phi) is 9.19. The molecule has 10 nitrogen and oxygen atoms in total. The highest BCUT2D eigenvalue weighted by atomic mass is 19.4. The molecule has 0 spiro atoms. The zero-order chi connectivity index (χ0) is 27.0. The van der Waals surface area contributed by atoms with Crippen molar-refractivity contribution in [2.24, 2.45) is 0 Å². The SMILES string of the molecule is Nc1nc(=O)n(C2CC(F)C(CO)O2)cc1C#Cc1ccc(C#CCOCCNC(=O)C(F)(F)F)nc1. The maximum atomic E-state index is 13.9. The maximum Gasteiger partial charge on any atom is 0.471 e. The van der Waals surface area contributed by atoms with Crippen LogP contribution >= 0.6 is 0 Å². The van der Waals surface area contributed by atoms with Gasteiger partial charge in [0.1, 0.15) is 36.6 Å². The summed E-state index contributed by atoms with van der Waals surface area (Å²) in [7, 11) is 0. The molecule has 1 amide bonds. The molecule has 1 aliphatic rings. The number of hydrogen-bond donors (Lipinski definition) is 3. The van der Waals surface area contributed by atoms with Gasteiger partial charge in [0, 0.05) is 30.9 Å². The van der Waals surface area contributed by atoms with Gasteiger partial charge in [-0.2, -0.15) is 18.2 Å². The lowest BCUT2D eigenvalue weighted by atomic mass is 10.2. The molecule has 0 radical (unpaired) electrons. The number of aliphatic hydroxyl groups excluding tert-OH is 1. The lowest BCUT2D eigenvalue weighted by Gasteiger charge is -2.14. The summed E-state index contributed by atoms with van der Waals surface area (Å²) in [5.41, 5.74) is 6.13. The Labute approximate surface area is 207 Å². The number of nitrogen functional groups attached to an aromatic ring is 1. The number of carbonyl (C=O) groups excluding carboxylic acids is 1. The Balaban J connectivity index is 1.56. The number of anilines is 1. The van der Waals surface area contributed by atoms with Crippen molar-refractivity contribution in [3.8, 4) is 23.7 Å². The number of pyridine rings is 1. The predicted octanol–water partition coefficient (Wildman–Crippen LogP) is 0.285. The van der Waals surface area contributed by atoms with E-state index in [2.05, 4.69) is 33.6 Å². The van der Waals surface area contributed by atoms with Crippen LogP contribution in [0.3, 0.4) is 0 Å². The molecule has 3 heterocycles. The standard InChI is InChI=1S/C23H21F4N5O5/c24-17-10-19(37-18(17)13-33)32-12-15(20(28)31-22(32)35)5-3-14-4-6-16(30-11-14)2-1-8-36-9-7-29-21(34)23(25,26)27/h4,6,11-12,17-19,33H,7-10,13H2,(H,29,34)(H2,28,31,35). The Morgan fingerprint density at radius 3 is 2.76 bits per heavy atom. The number of nitrogens with one attached hydrogen (secondary N) is 1. The molecule has 2 aromatic heterocycles. The van der Waals surface area contributed by atoms with Crippen molar-refractivity contribution in [2.75, 3.05) is 32.1 Å². The van der Waals surface area contributed by atoms with E-state index in [1.54, 1.807) is 17.4 Å². The first-order valence-electron chi connectivity index (χ1n) is 10.8. The minimum Gasteiger partial charge on any atom is -0.394 e. The van der Waals surface area contributed by atoms with Gasteiger partial charge in [0.15, 0.2) is 0 Å². The number of aromatic nitrogens is 3. The second-order valence-corrected chi connectivity index (χ2v) is 7.58. The molecule has 2 aromatic rings. The molecule has 196 valence electrons. The molecule has 0 bridgehead atoms. The van der Waals surface area contributed by atoms with E-state index >= 15 is 0 Å². The van der Waals surface area contributed by atoms with E-state index in [0.717, 1.165) is 4.57 Å². The van der Waals surface area contributed by atoms with Crippen LogP contribution in [0.5, 0.6) is 0 Å². The van der Waals surface area contributed by atoms with E-state index in [-0.39, 0.29) is 37.6 Å². The summed E-state index contributed by atoms with van der Waals surface area (Å²) in [6, 6.07) is 3.20. The summed E-state index contributed by atoms with van der Waals surface area (Å²) in [6.07, 6.45) is -5.73. The van der Waals surface area contributed by atoms with Crippen molar-refractivity contribution in [1.29, 1.82) is 0 Å². The van der Waals surface area contributed by atoms with Crippen LogP contribution in [-0.2, 0) is 14.3 Å². The zero-order valence-corrected chi connectivity index (χ0v) is 19.1. The second-order valence-electron chi connectivity index (χ2n) is 7.58. The number of nitrogens with zero attached hydrogens (tertiary/aromatic N) is 3. The number of amides is 1. The number of alkyl halides is 4. The van der Waals surface area contributed by atoms with Crippen molar-refractivity contribution in [2.45, 2.75) is 31.1 Å². The highest BCUT2D eigenvalue weighted by Crippen LogP contribution is 2.29. The van der Waals surface area contributed by atoms with Gasteiger partial charge in [-0.05, 0) is 18.1 Å². The lowest BCUT2D eigenvalue weighted by Crippen LogP contribution is -2.38. The minimum absolute atomic E-state index is 0.0833. The third kappa shape index (κ3) is 7.75. The molecule has 3 atom stereocenters. The Morgan fingerprint density at radius 2 is 2.11 bits per heavy atom. The number of aliphatic hydroxyl groups is 1. The van der Waals surface area contributed by atoms with E-state index in [1.165, 1.54) is 12.4 Å². The molecular weight excluding hydrogens is 502 g/mol. The summed E-state index contributed by atoms with van der Waals surface area (Å²) < 4.78 is 61.5. The van der Waals surface area contributed by atoms with Crippen LogP contribution in [0.25, 0.3) is 0 Å². The third-order valence-corrected chi connectivity index (χ3v) is 4.92. The first-order chi connectivity index (χ1) is 17.6. The fourth-order valence-corrected chi connectivity index (χ4v) is 3.08. The summed E-state index contributed by atoms with van der Waals surface area (Å²) >= 11 is 0. The van der Waals surface area contributed by atoms with Crippen LogP contribution in [0.1, 0.15) is 29.5 Å². The van der Waals surface area contributed by atoms with Crippen LogP contribution in [0, 0.1) is 23.7 Å². The molecule has 0 saturated carbocycles. The quantitative estimate of drug-likeness (QED) is 0.279. The van der Waals surface area contributed by atoms with Crippen LogP contribution in [0.4, 0.5) is 23.4 Å². The molecule has 1 saturated heterocycles. The maximum absolute atomic E-state index is 13.9. The molecule has 3 rings (SSSR count). The van der Waals surface area contributed by atoms with Gasteiger partial charge in [-0.1, -0.05) is 17.8 Å². The fourth-order valence-electron chi connectivity index (χ4n) is 3.08. The third-order valence-electron chi connectivity index (χ3n) is 4.92. The van der Waals surface area contributed by atoms with E-state index in [0.29, 0.717) is 11.3 Å². The Bertz CT molecular complexity index is 1290. The van der Waals surface area contributed by atoms with Crippen LogP contribution in [0.15, 0.2) is 29.3 Å². The monoisotopic (exact) mass is 523 g/mol. The van der Waals surface area contributed by atoms with Crippen LogP contribution < -0.4 is 16.7 Å². The molecular formula is C23H21F4N5O5. The Hall–Kier alpha value is -3.98. The average Bonchev–Trinajstić information content (AvgIpc) is 3.23. The summed E-state index contributed by atoms with van der Waals surface area (Å²) in [4.78, 5) is 30.6. The highest BCUT2D eigenvalue weighted by Gasteiger charge is 2.38. The van der Waals surface area contributed by atoms with Crippen LogP contribution in [0.2, 0.25) is 0 Å². The van der Waals surface area contributed by atoms with Gasteiger partial charge in [0.05, 0.1) is 18.8 Å². The molecule has 37 heavy (non-hydrogen) atoms. The van der Waals surface area contributed by atoms with Gasteiger partial charge in [0.25, 0.3) is 0 Å². The fraction of sp³-hybridized carbons (Fsp3) is 0.391.